The number of benzene rings is 2. The molecule has 0 radical (unpaired) electrons. The summed E-state index contributed by atoms with van der Waals surface area (Å²) in [6.45, 7) is 4.14. The number of aliphatic hydroxyl groups is 1. The highest BCUT2D eigenvalue weighted by molar-refractivity contribution is 5.97. The van der Waals surface area contributed by atoms with Crippen molar-refractivity contribution in [3.63, 3.8) is 0 Å². The summed E-state index contributed by atoms with van der Waals surface area (Å²) in [6.07, 6.45) is 0.573. The molecule has 23 heavy (non-hydrogen) atoms. The second-order valence-electron chi connectivity index (χ2n) is 5.81. The molecule has 1 atom stereocenters. The highest BCUT2D eigenvalue weighted by Crippen LogP contribution is 2.24. The van der Waals surface area contributed by atoms with Gasteiger partial charge in [-0.1, -0.05) is 36.4 Å². The van der Waals surface area contributed by atoms with Gasteiger partial charge in [-0.15, -0.1) is 0 Å². The fraction of sp³-hybridized carbons (Fsp3) is 0.316. The first-order valence-electron chi connectivity index (χ1n) is 7.77. The summed E-state index contributed by atoms with van der Waals surface area (Å²) in [5.41, 5.74) is 2.98. The average molecular weight is 313 g/mol. The number of hydrogen-bond donors (Lipinski definition) is 3. The maximum Gasteiger partial charge on any atom is 0.255 e. The van der Waals surface area contributed by atoms with Crippen LogP contribution in [0.25, 0.3) is 0 Å². The van der Waals surface area contributed by atoms with E-state index in [0.29, 0.717) is 24.1 Å². The Morgan fingerprint density at radius 1 is 1.17 bits per heavy atom. The lowest BCUT2D eigenvalue weighted by atomic mass is 9.96. The summed E-state index contributed by atoms with van der Waals surface area (Å²) in [5, 5.41) is 22.2. The molecular formula is C19H23NO3. The summed E-state index contributed by atoms with van der Waals surface area (Å²) in [4.78, 5) is 12.4. The van der Waals surface area contributed by atoms with Gasteiger partial charge in [0.05, 0.1) is 5.56 Å². The number of phenols is 1. The molecule has 4 heteroatoms. The van der Waals surface area contributed by atoms with Crippen LogP contribution < -0.4 is 5.32 Å². The Balaban J connectivity index is 2.11. The molecule has 1 amide bonds. The molecule has 0 aliphatic rings. The molecule has 2 rings (SSSR count). The van der Waals surface area contributed by atoms with Crippen LogP contribution in [0.1, 0.15) is 39.4 Å². The number of hydrogen-bond acceptors (Lipinski definition) is 3. The fourth-order valence-corrected chi connectivity index (χ4v) is 2.71. The molecular weight excluding hydrogens is 290 g/mol. The monoisotopic (exact) mass is 313 g/mol. The molecule has 0 aromatic heterocycles. The number of carbonyl (C=O) groups is 1. The van der Waals surface area contributed by atoms with E-state index in [2.05, 4.69) is 5.32 Å². The van der Waals surface area contributed by atoms with E-state index in [-0.39, 0.29) is 24.2 Å². The van der Waals surface area contributed by atoms with Crippen LogP contribution in [0.4, 0.5) is 0 Å². The van der Waals surface area contributed by atoms with Gasteiger partial charge >= 0.3 is 0 Å². The molecule has 3 N–H and O–H groups in total. The third kappa shape index (κ3) is 4.33. The Bertz CT molecular complexity index is 668. The maximum atomic E-state index is 12.4. The van der Waals surface area contributed by atoms with E-state index in [0.717, 1.165) is 11.1 Å². The molecule has 4 nitrogen and oxygen atoms in total. The van der Waals surface area contributed by atoms with Crippen molar-refractivity contribution < 1.29 is 15.0 Å². The molecule has 0 saturated heterocycles. The minimum atomic E-state index is -0.298. The van der Waals surface area contributed by atoms with Crippen molar-refractivity contribution in [1.29, 1.82) is 0 Å². The Morgan fingerprint density at radius 2 is 1.87 bits per heavy atom. The first kappa shape index (κ1) is 17.0. The molecule has 0 bridgehead atoms. The van der Waals surface area contributed by atoms with Gasteiger partial charge in [-0.3, -0.25) is 4.79 Å². The average Bonchev–Trinajstić information content (AvgIpc) is 2.55. The molecule has 2 aromatic carbocycles. The number of amides is 1. The van der Waals surface area contributed by atoms with Gasteiger partial charge in [-0.25, -0.2) is 0 Å². The van der Waals surface area contributed by atoms with Crippen molar-refractivity contribution >= 4 is 5.91 Å². The minimum Gasteiger partial charge on any atom is -0.507 e. The molecule has 1 unspecified atom stereocenters. The second kappa shape index (κ2) is 7.79. The molecule has 2 aromatic rings. The van der Waals surface area contributed by atoms with Gasteiger partial charge in [0, 0.05) is 19.1 Å². The smallest absolute Gasteiger partial charge is 0.255 e. The maximum absolute atomic E-state index is 12.4. The lowest BCUT2D eigenvalue weighted by Gasteiger charge is -2.18. The van der Waals surface area contributed by atoms with Crippen molar-refractivity contribution in [1.82, 2.24) is 5.32 Å². The zero-order valence-electron chi connectivity index (χ0n) is 13.5. The van der Waals surface area contributed by atoms with Crippen molar-refractivity contribution in [2.45, 2.75) is 26.2 Å². The summed E-state index contributed by atoms with van der Waals surface area (Å²) >= 11 is 0. The highest BCUT2D eigenvalue weighted by Gasteiger charge is 2.16. The number of rotatable bonds is 6. The molecule has 0 aliphatic carbocycles. The molecule has 0 saturated carbocycles. The standard InChI is InChI=1S/C19H23NO3/c1-13-10-14(2)18(22)17(11-13)19(23)20-12-16(8-9-21)15-6-4-3-5-7-15/h3-7,10-11,16,21-22H,8-9,12H2,1-2H3,(H,20,23). The predicted octanol–water partition coefficient (Wildman–Crippen LogP) is 2.91. The van der Waals surface area contributed by atoms with Gasteiger partial charge in [0.15, 0.2) is 0 Å². The first-order valence-corrected chi connectivity index (χ1v) is 7.77. The Morgan fingerprint density at radius 3 is 2.52 bits per heavy atom. The molecule has 0 spiro atoms. The van der Waals surface area contributed by atoms with Crippen molar-refractivity contribution in [2.24, 2.45) is 0 Å². The SMILES string of the molecule is Cc1cc(C)c(O)c(C(=O)NCC(CCO)c2ccccc2)c1. The predicted molar refractivity (Wildman–Crippen MR) is 90.8 cm³/mol. The summed E-state index contributed by atoms with van der Waals surface area (Å²) in [5.74, 6) is -0.238. The largest absolute Gasteiger partial charge is 0.507 e. The first-order chi connectivity index (χ1) is 11.0. The van der Waals surface area contributed by atoms with Gasteiger partial charge in [0.1, 0.15) is 5.75 Å². The van der Waals surface area contributed by atoms with Crippen LogP contribution in [0.15, 0.2) is 42.5 Å². The molecule has 0 aliphatic heterocycles. The van der Waals surface area contributed by atoms with Crippen LogP contribution in [0.3, 0.4) is 0 Å². The van der Waals surface area contributed by atoms with Gasteiger partial charge in [-0.05, 0) is 43.0 Å². The van der Waals surface area contributed by atoms with E-state index in [1.807, 2.05) is 43.3 Å². The van der Waals surface area contributed by atoms with Gasteiger partial charge in [0.25, 0.3) is 5.91 Å². The van der Waals surface area contributed by atoms with E-state index >= 15 is 0 Å². The second-order valence-corrected chi connectivity index (χ2v) is 5.81. The Labute approximate surface area is 136 Å². The number of phenolic OH excluding ortho intramolecular Hbond substituents is 1. The normalized spacial score (nSPS) is 12.0. The molecule has 0 heterocycles. The lowest BCUT2D eigenvalue weighted by Crippen LogP contribution is -2.29. The Kier molecular flexibility index (Phi) is 5.77. The van der Waals surface area contributed by atoms with Gasteiger partial charge in [-0.2, -0.15) is 0 Å². The van der Waals surface area contributed by atoms with Crippen LogP contribution in [0, 0.1) is 13.8 Å². The van der Waals surface area contributed by atoms with E-state index in [9.17, 15) is 15.0 Å². The van der Waals surface area contributed by atoms with E-state index in [1.54, 1.807) is 13.0 Å². The summed E-state index contributed by atoms with van der Waals surface area (Å²) < 4.78 is 0. The lowest BCUT2D eigenvalue weighted by molar-refractivity contribution is 0.0946. The van der Waals surface area contributed by atoms with Crippen LogP contribution >= 0.6 is 0 Å². The third-order valence-electron chi connectivity index (χ3n) is 3.95. The zero-order chi connectivity index (χ0) is 16.8. The number of carbonyl (C=O) groups excluding carboxylic acids is 1. The summed E-state index contributed by atoms with van der Waals surface area (Å²) in [7, 11) is 0. The van der Waals surface area contributed by atoms with Crippen molar-refractivity contribution in [2.75, 3.05) is 13.2 Å². The third-order valence-corrected chi connectivity index (χ3v) is 3.95. The highest BCUT2D eigenvalue weighted by atomic mass is 16.3. The Hall–Kier alpha value is -2.33. The number of aromatic hydroxyl groups is 1. The zero-order valence-corrected chi connectivity index (χ0v) is 13.5. The minimum absolute atomic E-state index is 0.0199. The number of nitrogens with one attached hydrogen (secondary N) is 1. The van der Waals surface area contributed by atoms with Crippen LogP contribution in [-0.2, 0) is 0 Å². The molecule has 122 valence electrons. The quantitative estimate of drug-likeness (QED) is 0.768. The number of aliphatic hydroxyl groups excluding tert-OH is 1. The van der Waals surface area contributed by atoms with Crippen LogP contribution in [-0.4, -0.2) is 29.3 Å². The summed E-state index contributed by atoms with van der Waals surface area (Å²) in [6, 6.07) is 13.3. The number of aryl methyl sites for hydroxylation is 2. The van der Waals surface area contributed by atoms with E-state index < -0.39 is 0 Å². The van der Waals surface area contributed by atoms with Crippen LogP contribution in [0.2, 0.25) is 0 Å². The van der Waals surface area contributed by atoms with E-state index in [4.69, 9.17) is 0 Å². The molecule has 0 fully saturated rings. The topological polar surface area (TPSA) is 69.6 Å². The van der Waals surface area contributed by atoms with Crippen molar-refractivity contribution in [3.8, 4) is 5.75 Å². The fourth-order valence-electron chi connectivity index (χ4n) is 2.71. The van der Waals surface area contributed by atoms with Crippen LogP contribution in [0.5, 0.6) is 5.75 Å². The van der Waals surface area contributed by atoms with Gasteiger partial charge in [0.2, 0.25) is 0 Å². The van der Waals surface area contributed by atoms with Gasteiger partial charge < -0.3 is 15.5 Å². The van der Waals surface area contributed by atoms with Crippen molar-refractivity contribution in [3.05, 3.63) is 64.7 Å². The van der Waals surface area contributed by atoms with E-state index in [1.165, 1.54) is 0 Å².